The Labute approximate surface area is 122 Å². The Balaban J connectivity index is 1.85. The van der Waals surface area contributed by atoms with Gasteiger partial charge in [-0.25, -0.2) is 0 Å². The highest BCUT2D eigenvalue weighted by Crippen LogP contribution is 2.35. The first-order chi connectivity index (χ1) is 9.45. The molecule has 0 aromatic heterocycles. The molecule has 20 heavy (non-hydrogen) atoms. The maximum atomic E-state index is 11.8. The molecule has 3 heteroatoms. The molecule has 110 valence electrons. The molecular formula is C17H26N2O. The molecule has 0 spiro atoms. The lowest BCUT2D eigenvalue weighted by Gasteiger charge is -2.39. The number of anilines is 1. The molecule has 3 nitrogen and oxygen atoms in total. The maximum Gasteiger partial charge on any atom is 0.251 e. The van der Waals surface area contributed by atoms with Crippen molar-refractivity contribution < 1.29 is 4.79 Å². The van der Waals surface area contributed by atoms with Crippen LogP contribution >= 0.6 is 0 Å². The minimum absolute atomic E-state index is 0.00457. The van der Waals surface area contributed by atoms with Crippen LogP contribution < -0.4 is 10.6 Å². The summed E-state index contributed by atoms with van der Waals surface area (Å²) in [5, 5.41) is 6.44. The molecule has 1 aromatic rings. The summed E-state index contributed by atoms with van der Waals surface area (Å²) in [4.78, 5) is 11.8. The van der Waals surface area contributed by atoms with Gasteiger partial charge in [0.1, 0.15) is 0 Å². The number of benzene rings is 1. The van der Waals surface area contributed by atoms with Crippen molar-refractivity contribution in [3.63, 3.8) is 0 Å². The normalized spacial score (nSPS) is 21.7. The van der Waals surface area contributed by atoms with E-state index in [0.29, 0.717) is 6.04 Å². The van der Waals surface area contributed by atoms with Crippen LogP contribution in [0.1, 0.15) is 50.9 Å². The first-order valence-electron chi connectivity index (χ1n) is 7.63. The van der Waals surface area contributed by atoms with Crippen molar-refractivity contribution in [1.82, 2.24) is 5.32 Å². The third kappa shape index (κ3) is 3.75. The highest BCUT2D eigenvalue weighted by atomic mass is 16.1. The van der Waals surface area contributed by atoms with Gasteiger partial charge in [0.05, 0.1) is 0 Å². The van der Waals surface area contributed by atoms with E-state index in [1.807, 2.05) is 38.1 Å². The molecule has 1 saturated carbocycles. The first-order valence-corrected chi connectivity index (χ1v) is 7.63. The van der Waals surface area contributed by atoms with Crippen LogP contribution in [0.5, 0.6) is 0 Å². The van der Waals surface area contributed by atoms with E-state index in [4.69, 9.17) is 0 Å². The second-order valence-electron chi connectivity index (χ2n) is 6.52. The van der Waals surface area contributed by atoms with E-state index >= 15 is 0 Å². The Morgan fingerprint density at radius 2 is 1.70 bits per heavy atom. The predicted molar refractivity (Wildman–Crippen MR) is 84.0 cm³/mol. The second-order valence-corrected chi connectivity index (χ2v) is 6.52. The topological polar surface area (TPSA) is 41.1 Å². The zero-order valence-electron chi connectivity index (χ0n) is 12.9. The van der Waals surface area contributed by atoms with Gasteiger partial charge < -0.3 is 10.6 Å². The molecule has 0 aliphatic heterocycles. The lowest BCUT2D eigenvalue weighted by atomic mass is 9.73. The quantitative estimate of drug-likeness (QED) is 0.860. The fourth-order valence-electron chi connectivity index (χ4n) is 2.62. The average molecular weight is 274 g/mol. The third-order valence-corrected chi connectivity index (χ3v) is 4.05. The summed E-state index contributed by atoms with van der Waals surface area (Å²) in [5.74, 6) is 1.65. The van der Waals surface area contributed by atoms with Gasteiger partial charge in [0.25, 0.3) is 5.91 Å². The minimum Gasteiger partial charge on any atom is -0.382 e. The molecule has 1 aliphatic rings. The third-order valence-electron chi connectivity index (χ3n) is 4.05. The summed E-state index contributed by atoms with van der Waals surface area (Å²) >= 11 is 0. The van der Waals surface area contributed by atoms with Crippen molar-refractivity contribution in [2.24, 2.45) is 11.8 Å². The van der Waals surface area contributed by atoms with Crippen molar-refractivity contribution in [3.05, 3.63) is 29.8 Å². The largest absolute Gasteiger partial charge is 0.382 e. The predicted octanol–water partition coefficient (Wildman–Crippen LogP) is 3.67. The summed E-state index contributed by atoms with van der Waals surface area (Å²) in [6.45, 7) is 8.52. The Morgan fingerprint density at radius 3 is 2.20 bits per heavy atom. The van der Waals surface area contributed by atoms with Gasteiger partial charge in [0.2, 0.25) is 0 Å². The van der Waals surface area contributed by atoms with Crippen LogP contribution in [0, 0.1) is 11.8 Å². The highest BCUT2D eigenvalue weighted by Gasteiger charge is 2.30. The molecule has 1 amide bonds. The number of carbonyl (C=O) groups excluding carboxylic acids is 1. The summed E-state index contributed by atoms with van der Waals surface area (Å²) in [6.07, 6.45) is 2.51. The van der Waals surface area contributed by atoms with Crippen molar-refractivity contribution in [2.75, 3.05) is 5.32 Å². The van der Waals surface area contributed by atoms with Crippen LogP contribution in [-0.2, 0) is 0 Å². The number of rotatable bonds is 5. The smallest absolute Gasteiger partial charge is 0.251 e. The molecule has 0 atom stereocenters. The minimum atomic E-state index is -0.00457. The van der Waals surface area contributed by atoms with Crippen LogP contribution in [0.3, 0.4) is 0 Å². The van der Waals surface area contributed by atoms with E-state index in [2.05, 4.69) is 24.5 Å². The van der Waals surface area contributed by atoms with Gasteiger partial charge in [-0.1, -0.05) is 13.8 Å². The van der Waals surface area contributed by atoms with E-state index in [-0.39, 0.29) is 11.9 Å². The number of amides is 1. The van der Waals surface area contributed by atoms with E-state index in [0.717, 1.165) is 23.1 Å². The number of hydrogen-bond acceptors (Lipinski definition) is 2. The van der Waals surface area contributed by atoms with Crippen LogP contribution in [0.25, 0.3) is 0 Å². The van der Waals surface area contributed by atoms with Gasteiger partial charge >= 0.3 is 0 Å². The summed E-state index contributed by atoms with van der Waals surface area (Å²) in [5.41, 5.74) is 1.83. The van der Waals surface area contributed by atoms with Gasteiger partial charge in [-0.05, 0) is 62.8 Å². The average Bonchev–Trinajstić information content (AvgIpc) is 2.32. The molecule has 1 aliphatic carbocycles. The zero-order chi connectivity index (χ0) is 14.7. The first kappa shape index (κ1) is 14.9. The van der Waals surface area contributed by atoms with Gasteiger partial charge in [-0.3, -0.25) is 4.79 Å². The molecule has 0 radical (unpaired) electrons. The number of hydrogen-bond donors (Lipinski definition) is 2. The van der Waals surface area contributed by atoms with Gasteiger partial charge in [-0.15, -0.1) is 0 Å². The van der Waals surface area contributed by atoms with E-state index in [9.17, 15) is 4.79 Å². The molecule has 2 rings (SSSR count). The Hall–Kier alpha value is -1.51. The van der Waals surface area contributed by atoms with Crippen LogP contribution in [-0.4, -0.2) is 18.0 Å². The van der Waals surface area contributed by atoms with E-state index in [1.165, 1.54) is 12.8 Å². The fourth-order valence-corrected chi connectivity index (χ4v) is 2.62. The van der Waals surface area contributed by atoms with Crippen molar-refractivity contribution in [2.45, 2.75) is 52.6 Å². The van der Waals surface area contributed by atoms with Gasteiger partial charge in [0, 0.05) is 23.3 Å². The Kier molecular flexibility index (Phi) is 4.69. The SMILES string of the molecule is CC(C)NC(=O)c1ccc(NC2CC(C(C)C)C2)cc1. The summed E-state index contributed by atoms with van der Waals surface area (Å²) in [6, 6.07) is 8.54. The monoisotopic (exact) mass is 274 g/mol. The molecule has 0 heterocycles. The molecule has 2 N–H and O–H groups in total. The highest BCUT2D eigenvalue weighted by molar-refractivity contribution is 5.94. The van der Waals surface area contributed by atoms with E-state index < -0.39 is 0 Å². The van der Waals surface area contributed by atoms with E-state index in [1.54, 1.807) is 0 Å². The standard InChI is InChI=1S/C17H26N2O/c1-11(2)14-9-16(10-14)19-15-7-5-13(6-8-15)17(20)18-12(3)4/h5-8,11-12,14,16,19H,9-10H2,1-4H3,(H,18,20). The van der Waals surface area contributed by atoms with Gasteiger partial charge in [0.15, 0.2) is 0 Å². The van der Waals surface area contributed by atoms with Crippen molar-refractivity contribution in [1.29, 1.82) is 0 Å². The fraction of sp³-hybridized carbons (Fsp3) is 0.588. The van der Waals surface area contributed by atoms with Crippen molar-refractivity contribution in [3.8, 4) is 0 Å². The van der Waals surface area contributed by atoms with Gasteiger partial charge in [-0.2, -0.15) is 0 Å². The molecule has 0 unspecified atom stereocenters. The van der Waals surface area contributed by atoms with Crippen molar-refractivity contribution >= 4 is 11.6 Å². The van der Waals surface area contributed by atoms with Crippen LogP contribution in [0.15, 0.2) is 24.3 Å². The van der Waals surface area contributed by atoms with Crippen LogP contribution in [0.2, 0.25) is 0 Å². The van der Waals surface area contributed by atoms with Crippen LogP contribution in [0.4, 0.5) is 5.69 Å². The molecule has 0 bridgehead atoms. The lowest BCUT2D eigenvalue weighted by Crippen LogP contribution is -2.37. The number of carbonyl (C=O) groups is 1. The summed E-state index contributed by atoms with van der Waals surface area (Å²) < 4.78 is 0. The molecule has 1 aromatic carbocycles. The zero-order valence-corrected chi connectivity index (χ0v) is 12.9. The lowest BCUT2D eigenvalue weighted by molar-refractivity contribution is 0.0943. The number of nitrogens with one attached hydrogen (secondary N) is 2. The maximum absolute atomic E-state index is 11.8. The Bertz CT molecular complexity index is 445. The molecular weight excluding hydrogens is 248 g/mol. The second kappa shape index (κ2) is 6.29. The molecule has 0 saturated heterocycles. The summed E-state index contributed by atoms with van der Waals surface area (Å²) in [7, 11) is 0. The Morgan fingerprint density at radius 1 is 1.10 bits per heavy atom. The molecule has 1 fully saturated rings.